The normalized spacial score (nSPS) is 11.7. The van der Waals surface area contributed by atoms with Crippen LogP contribution in [0.3, 0.4) is 0 Å². The van der Waals surface area contributed by atoms with E-state index in [1.54, 1.807) is 44.2 Å². The van der Waals surface area contributed by atoms with Crippen molar-refractivity contribution in [3.05, 3.63) is 72.3 Å². The molecule has 38 heavy (non-hydrogen) atoms. The number of rotatable bonds is 15. The molecule has 0 saturated heterocycles. The highest BCUT2D eigenvalue weighted by Crippen LogP contribution is 2.32. The molecule has 0 spiro atoms. The number of carbonyl (C=O) groups is 1. The van der Waals surface area contributed by atoms with Gasteiger partial charge in [0.15, 0.2) is 17.7 Å². The number of benzene rings is 3. The van der Waals surface area contributed by atoms with Crippen molar-refractivity contribution in [2.75, 3.05) is 13.2 Å². The molecule has 1 unspecified atom stereocenters. The van der Waals surface area contributed by atoms with E-state index >= 15 is 0 Å². The van der Waals surface area contributed by atoms with Crippen LogP contribution in [0.15, 0.2) is 60.7 Å². The van der Waals surface area contributed by atoms with E-state index in [9.17, 15) is 13.6 Å². The molecule has 0 aliphatic carbocycles. The smallest absolute Gasteiger partial charge is 0.347 e. The second-order valence-corrected chi connectivity index (χ2v) is 9.32. The van der Waals surface area contributed by atoms with Gasteiger partial charge in [-0.2, -0.15) is 4.39 Å². The van der Waals surface area contributed by atoms with E-state index < -0.39 is 23.7 Å². The number of hydrogen-bond donors (Lipinski definition) is 0. The number of halogens is 2. The first kappa shape index (κ1) is 29.2. The van der Waals surface area contributed by atoms with Crippen LogP contribution in [0.2, 0.25) is 0 Å². The highest BCUT2D eigenvalue weighted by Gasteiger charge is 2.17. The maximum Gasteiger partial charge on any atom is 0.347 e. The van der Waals surface area contributed by atoms with Crippen molar-refractivity contribution in [2.24, 2.45) is 0 Å². The zero-order chi connectivity index (χ0) is 27.3. The predicted octanol–water partition coefficient (Wildman–Crippen LogP) is 8.76. The standard InChI is InChI=1S/C32H38F2O4/c1-4-6-7-8-9-10-11-22-37-29-21-20-28(30(33)31(29)34)26-14-12-24(13-15-26)25-16-18-27(19-17-25)38-23(3)32(35)36-5-2/h12-21,23H,4-11,22H2,1-3H3. The summed E-state index contributed by atoms with van der Waals surface area (Å²) in [4.78, 5) is 11.8. The third-order valence-electron chi connectivity index (χ3n) is 6.37. The molecule has 6 heteroatoms. The van der Waals surface area contributed by atoms with Crippen molar-refractivity contribution in [2.45, 2.75) is 71.8 Å². The summed E-state index contributed by atoms with van der Waals surface area (Å²) in [6.45, 7) is 6.26. The number of unbranched alkanes of at least 4 members (excludes halogenated alkanes) is 6. The molecule has 0 aliphatic rings. The van der Waals surface area contributed by atoms with Crippen LogP contribution in [0.5, 0.6) is 11.5 Å². The second-order valence-electron chi connectivity index (χ2n) is 9.32. The lowest BCUT2D eigenvalue weighted by atomic mass is 9.99. The van der Waals surface area contributed by atoms with Gasteiger partial charge in [0.2, 0.25) is 5.82 Å². The third-order valence-corrected chi connectivity index (χ3v) is 6.37. The van der Waals surface area contributed by atoms with Crippen LogP contribution in [0.4, 0.5) is 8.78 Å². The number of esters is 1. The Balaban J connectivity index is 1.57. The maximum absolute atomic E-state index is 14.9. The Morgan fingerprint density at radius 3 is 1.95 bits per heavy atom. The van der Waals surface area contributed by atoms with Gasteiger partial charge in [0.25, 0.3) is 0 Å². The van der Waals surface area contributed by atoms with Crippen LogP contribution >= 0.6 is 0 Å². The molecule has 0 amide bonds. The van der Waals surface area contributed by atoms with Gasteiger partial charge in [-0.15, -0.1) is 0 Å². The van der Waals surface area contributed by atoms with E-state index in [0.717, 1.165) is 30.4 Å². The van der Waals surface area contributed by atoms with Crippen molar-refractivity contribution < 1.29 is 27.8 Å². The van der Waals surface area contributed by atoms with Gasteiger partial charge in [-0.3, -0.25) is 0 Å². The van der Waals surface area contributed by atoms with Crippen LogP contribution in [0.25, 0.3) is 22.3 Å². The van der Waals surface area contributed by atoms with Gasteiger partial charge in [-0.05, 0) is 61.2 Å². The molecule has 3 aromatic rings. The SMILES string of the molecule is CCCCCCCCCOc1ccc(-c2ccc(-c3ccc(OC(C)C(=O)OCC)cc3)cc2)c(F)c1F. The van der Waals surface area contributed by atoms with Gasteiger partial charge in [-0.1, -0.05) is 81.8 Å². The molecule has 0 saturated carbocycles. The Labute approximate surface area is 224 Å². The molecular weight excluding hydrogens is 486 g/mol. The van der Waals surface area contributed by atoms with Crippen molar-refractivity contribution in [1.29, 1.82) is 0 Å². The molecule has 0 aliphatic heterocycles. The lowest BCUT2D eigenvalue weighted by Gasteiger charge is -2.14. The summed E-state index contributed by atoms with van der Waals surface area (Å²) >= 11 is 0. The van der Waals surface area contributed by atoms with Crippen LogP contribution in [0.1, 0.15) is 65.7 Å². The summed E-state index contributed by atoms with van der Waals surface area (Å²) in [5, 5.41) is 0. The fourth-order valence-corrected chi connectivity index (χ4v) is 4.19. The maximum atomic E-state index is 14.9. The van der Waals surface area contributed by atoms with Crippen LogP contribution in [-0.2, 0) is 9.53 Å². The minimum absolute atomic E-state index is 0.0477. The Hall–Kier alpha value is -3.41. The average molecular weight is 525 g/mol. The summed E-state index contributed by atoms with van der Waals surface area (Å²) in [5.74, 6) is -1.77. The number of carbonyl (C=O) groups excluding carboxylic acids is 1. The molecule has 4 nitrogen and oxygen atoms in total. The first-order valence-electron chi connectivity index (χ1n) is 13.6. The summed E-state index contributed by atoms with van der Waals surface area (Å²) in [6, 6.07) is 17.6. The molecule has 0 bridgehead atoms. The van der Waals surface area contributed by atoms with Gasteiger partial charge in [0.1, 0.15) is 5.75 Å². The van der Waals surface area contributed by atoms with E-state index in [4.69, 9.17) is 14.2 Å². The van der Waals surface area contributed by atoms with Crippen molar-refractivity contribution in [3.8, 4) is 33.8 Å². The molecule has 0 fully saturated rings. The van der Waals surface area contributed by atoms with E-state index in [0.29, 0.717) is 24.5 Å². The molecule has 3 rings (SSSR count). The average Bonchev–Trinajstić information content (AvgIpc) is 2.93. The van der Waals surface area contributed by atoms with Gasteiger partial charge in [-0.25, -0.2) is 9.18 Å². The minimum Gasteiger partial charge on any atom is -0.490 e. The molecule has 3 aromatic carbocycles. The van der Waals surface area contributed by atoms with E-state index in [1.807, 2.05) is 24.3 Å². The summed E-state index contributed by atoms with van der Waals surface area (Å²) in [5.41, 5.74) is 2.60. The Bertz CT molecular complexity index is 1140. The highest BCUT2D eigenvalue weighted by atomic mass is 19.2. The molecular formula is C32H38F2O4. The summed E-state index contributed by atoms with van der Waals surface area (Å²) < 4.78 is 45.7. The molecule has 0 aromatic heterocycles. The predicted molar refractivity (Wildman–Crippen MR) is 147 cm³/mol. The first-order chi connectivity index (χ1) is 18.4. The van der Waals surface area contributed by atoms with Crippen LogP contribution in [-0.4, -0.2) is 25.3 Å². The lowest BCUT2D eigenvalue weighted by Crippen LogP contribution is -2.25. The van der Waals surface area contributed by atoms with Crippen molar-refractivity contribution >= 4 is 5.97 Å². The topological polar surface area (TPSA) is 44.8 Å². The molecule has 0 radical (unpaired) electrons. The fraction of sp³-hybridized carbons (Fsp3) is 0.406. The zero-order valence-electron chi connectivity index (χ0n) is 22.6. The molecule has 0 N–H and O–H groups in total. The molecule has 1 atom stereocenters. The highest BCUT2D eigenvalue weighted by molar-refractivity contribution is 5.75. The van der Waals surface area contributed by atoms with Crippen LogP contribution in [0, 0.1) is 11.6 Å². The fourth-order valence-electron chi connectivity index (χ4n) is 4.19. The molecule has 204 valence electrons. The van der Waals surface area contributed by atoms with E-state index in [1.165, 1.54) is 31.7 Å². The quantitative estimate of drug-likeness (QED) is 0.147. The monoisotopic (exact) mass is 524 g/mol. The lowest BCUT2D eigenvalue weighted by molar-refractivity contribution is -0.150. The third kappa shape index (κ3) is 8.30. The van der Waals surface area contributed by atoms with E-state index in [-0.39, 0.29) is 11.3 Å². The second kappa shape index (κ2) is 15.1. The van der Waals surface area contributed by atoms with Gasteiger partial charge in [0.05, 0.1) is 13.2 Å². The summed E-state index contributed by atoms with van der Waals surface area (Å²) in [6.07, 6.45) is 7.23. The van der Waals surface area contributed by atoms with Gasteiger partial charge < -0.3 is 14.2 Å². The van der Waals surface area contributed by atoms with Gasteiger partial charge in [0, 0.05) is 5.56 Å². The number of hydrogen-bond acceptors (Lipinski definition) is 4. The Morgan fingerprint density at radius 1 is 0.737 bits per heavy atom. The zero-order valence-corrected chi connectivity index (χ0v) is 22.6. The minimum atomic E-state index is -0.956. The van der Waals surface area contributed by atoms with Crippen molar-refractivity contribution in [3.63, 3.8) is 0 Å². The summed E-state index contributed by atoms with van der Waals surface area (Å²) in [7, 11) is 0. The van der Waals surface area contributed by atoms with E-state index in [2.05, 4.69) is 6.92 Å². The Morgan fingerprint density at radius 2 is 1.32 bits per heavy atom. The Kier molecular flexibility index (Phi) is 11.6. The number of ether oxygens (including phenoxy) is 3. The first-order valence-corrected chi connectivity index (χ1v) is 13.6. The van der Waals surface area contributed by atoms with Crippen molar-refractivity contribution in [1.82, 2.24) is 0 Å². The van der Waals surface area contributed by atoms with Gasteiger partial charge >= 0.3 is 5.97 Å². The largest absolute Gasteiger partial charge is 0.490 e. The van der Waals surface area contributed by atoms with Crippen LogP contribution < -0.4 is 9.47 Å². The molecule has 0 heterocycles.